The Morgan fingerprint density at radius 1 is 1.22 bits per heavy atom. The molecule has 0 aliphatic rings. The Morgan fingerprint density at radius 2 is 1.89 bits per heavy atom. The SMILES string of the molecule is Cc1cc(CNCCCO)cc(C(C)(C)C)c1O. The lowest BCUT2D eigenvalue weighted by molar-refractivity contribution is 0.286. The molecule has 18 heavy (non-hydrogen) atoms. The summed E-state index contributed by atoms with van der Waals surface area (Å²) in [5.41, 5.74) is 3.02. The normalized spacial score (nSPS) is 11.8. The molecule has 0 aromatic heterocycles. The number of phenolic OH excluding ortho intramolecular Hbond substituents is 1. The summed E-state index contributed by atoms with van der Waals surface area (Å²) in [6.07, 6.45) is 0.767. The van der Waals surface area contributed by atoms with E-state index >= 15 is 0 Å². The van der Waals surface area contributed by atoms with Gasteiger partial charge in [0.1, 0.15) is 5.75 Å². The van der Waals surface area contributed by atoms with Crippen molar-refractivity contribution in [2.45, 2.75) is 46.1 Å². The maximum Gasteiger partial charge on any atom is 0.122 e. The molecule has 0 fully saturated rings. The summed E-state index contributed by atoms with van der Waals surface area (Å²) in [4.78, 5) is 0. The van der Waals surface area contributed by atoms with E-state index in [4.69, 9.17) is 5.11 Å². The van der Waals surface area contributed by atoms with Crippen molar-refractivity contribution in [2.75, 3.05) is 13.2 Å². The van der Waals surface area contributed by atoms with Gasteiger partial charge in [-0.25, -0.2) is 0 Å². The number of hydrogen-bond donors (Lipinski definition) is 3. The van der Waals surface area contributed by atoms with E-state index in [0.717, 1.165) is 30.6 Å². The van der Waals surface area contributed by atoms with Crippen LogP contribution in [0.25, 0.3) is 0 Å². The molecule has 0 radical (unpaired) electrons. The molecule has 3 nitrogen and oxygen atoms in total. The van der Waals surface area contributed by atoms with Crippen LogP contribution in [0.1, 0.15) is 43.9 Å². The predicted molar refractivity (Wildman–Crippen MR) is 75.0 cm³/mol. The molecular formula is C15H25NO2. The van der Waals surface area contributed by atoms with Gasteiger partial charge < -0.3 is 15.5 Å². The van der Waals surface area contributed by atoms with E-state index in [1.165, 1.54) is 5.56 Å². The Hall–Kier alpha value is -1.06. The minimum Gasteiger partial charge on any atom is -0.507 e. The highest BCUT2D eigenvalue weighted by Gasteiger charge is 2.19. The van der Waals surface area contributed by atoms with Gasteiger partial charge in [-0.2, -0.15) is 0 Å². The second-order valence-corrected chi connectivity index (χ2v) is 5.81. The largest absolute Gasteiger partial charge is 0.507 e. The molecule has 1 aromatic rings. The summed E-state index contributed by atoms with van der Waals surface area (Å²) < 4.78 is 0. The second kappa shape index (κ2) is 6.21. The van der Waals surface area contributed by atoms with Gasteiger partial charge in [-0.05, 0) is 42.0 Å². The molecule has 0 saturated carbocycles. The van der Waals surface area contributed by atoms with Gasteiger partial charge in [0, 0.05) is 13.2 Å². The molecule has 0 aliphatic carbocycles. The zero-order valence-corrected chi connectivity index (χ0v) is 11.9. The zero-order valence-electron chi connectivity index (χ0n) is 11.9. The van der Waals surface area contributed by atoms with E-state index < -0.39 is 0 Å². The molecule has 1 rings (SSSR count). The third kappa shape index (κ3) is 4.00. The lowest BCUT2D eigenvalue weighted by Gasteiger charge is -2.22. The van der Waals surface area contributed by atoms with Gasteiger partial charge in [-0.1, -0.05) is 32.9 Å². The first-order valence-corrected chi connectivity index (χ1v) is 6.51. The van der Waals surface area contributed by atoms with Crippen molar-refractivity contribution in [3.8, 4) is 5.75 Å². The number of phenols is 1. The van der Waals surface area contributed by atoms with Crippen LogP contribution < -0.4 is 5.32 Å². The molecule has 3 N–H and O–H groups in total. The van der Waals surface area contributed by atoms with E-state index in [2.05, 4.69) is 32.2 Å². The monoisotopic (exact) mass is 251 g/mol. The minimum atomic E-state index is -0.0596. The number of aliphatic hydroxyl groups excluding tert-OH is 1. The molecule has 3 heteroatoms. The van der Waals surface area contributed by atoms with Gasteiger partial charge >= 0.3 is 0 Å². The van der Waals surface area contributed by atoms with Crippen LogP contribution in [-0.2, 0) is 12.0 Å². The molecular weight excluding hydrogens is 226 g/mol. The molecule has 0 atom stereocenters. The van der Waals surface area contributed by atoms with Gasteiger partial charge in [0.2, 0.25) is 0 Å². The van der Waals surface area contributed by atoms with Gasteiger partial charge in [-0.3, -0.25) is 0 Å². The van der Waals surface area contributed by atoms with Crippen molar-refractivity contribution in [1.29, 1.82) is 0 Å². The van der Waals surface area contributed by atoms with Gasteiger partial charge in [-0.15, -0.1) is 0 Å². The molecule has 0 unspecified atom stereocenters. The third-order valence-electron chi connectivity index (χ3n) is 3.01. The summed E-state index contributed by atoms with van der Waals surface area (Å²) in [7, 11) is 0. The Bertz CT molecular complexity index is 394. The van der Waals surface area contributed by atoms with Gasteiger partial charge in [0.05, 0.1) is 0 Å². The Kier molecular flexibility index (Phi) is 5.17. The summed E-state index contributed by atoms with van der Waals surface area (Å²) in [5, 5.41) is 22.1. The van der Waals surface area contributed by atoms with Gasteiger partial charge in [0.25, 0.3) is 0 Å². The Morgan fingerprint density at radius 3 is 2.44 bits per heavy atom. The minimum absolute atomic E-state index is 0.0596. The standard InChI is InChI=1S/C15H25NO2/c1-11-8-12(10-16-6-5-7-17)9-13(14(11)18)15(2,3)4/h8-9,16-18H,5-7,10H2,1-4H3. The Balaban J connectivity index is 2.85. The maximum atomic E-state index is 10.1. The molecule has 1 aromatic carbocycles. The zero-order chi connectivity index (χ0) is 13.8. The first-order chi connectivity index (χ1) is 8.36. The van der Waals surface area contributed by atoms with Crippen molar-refractivity contribution < 1.29 is 10.2 Å². The van der Waals surface area contributed by atoms with Crippen LogP contribution in [0, 0.1) is 6.92 Å². The van der Waals surface area contributed by atoms with Crippen LogP contribution in [-0.4, -0.2) is 23.4 Å². The number of benzene rings is 1. The number of hydrogen-bond acceptors (Lipinski definition) is 3. The van der Waals surface area contributed by atoms with Crippen molar-refractivity contribution >= 4 is 0 Å². The van der Waals surface area contributed by atoms with Crippen molar-refractivity contribution in [1.82, 2.24) is 5.32 Å². The van der Waals surface area contributed by atoms with Crippen LogP contribution in [0.4, 0.5) is 0 Å². The quantitative estimate of drug-likeness (QED) is 0.705. The average Bonchev–Trinajstić information content (AvgIpc) is 2.27. The predicted octanol–water partition coefficient (Wildman–Crippen LogP) is 2.47. The highest BCUT2D eigenvalue weighted by Crippen LogP contribution is 2.33. The highest BCUT2D eigenvalue weighted by atomic mass is 16.3. The van der Waals surface area contributed by atoms with Crippen LogP contribution in [0.5, 0.6) is 5.75 Å². The molecule has 0 saturated heterocycles. The number of aliphatic hydroxyl groups is 1. The number of rotatable bonds is 5. The summed E-state index contributed by atoms with van der Waals surface area (Å²) >= 11 is 0. The fourth-order valence-corrected chi connectivity index (χ4v) is 1.96. The van der Waals surface area contributed by atoms with E-state index in [1.807, 2.05) is 13.0 Å². The molecule has 0 aliphatic heterocycles. The fraction of sp³-hybridized carbons (Fsp3) is 0.600. The number of nitrogens with one attached hydrogen (secondary N) is 1. The smallest absolute Gasteiger partial charge is 0.122 e. The van der Waals surface area contributed by atoms with Crippen molar-refractivity contribution in [2.24, 2.45) is 0 Å². The van der Waals surface area contributed by atoms with Crippen molar-refractivity contribution in [3.05, 3.63) is 28.8 Å². The second-order valence-electron chi connectivity index (χ2n) is 5.81. The molecule has 0 bridgehead atoms. The molecule has 0 amide bonds. The molecule has 102 valence electrons. The van der Waals surface area contributed by atoms with E-state index in [1.54, 1.807) is 0 Å². The molecule has 0 heterocycles. The summed E-state index contributed by atoms with van der Waals surface area (Å²) in [5.74, 6) is 0.404. The van der Waals surface area contributed by atoms with Crippen LogP contribution in [0.15, 0.2) is 12.1 Å². The summed E-state index contributed by atoms with van der Waals surface area (Å²) in [6, 6.07) is 4.07. The molecule has 0 spiro atoms. The maximum absolute atomic E-state index is 10.1. The first kappa shape index (κ1) is 15.0. The average molecular weight is 251 g/mol. The van der Waals surface area contributed by atoms with E-state index in [-0.39, 0.29) is 12.0 Å². The van der Waals surface area contributed by atoms with Crippen LogP contribution >= 0.6 is 0 Å². The lowest BCUT2D eigenvalue weighted by atomic mass is 9.84. The lowest BCUT2D eigenvalue weighted by Crippen LogP contribution is -2.17. The first-order valence-electron chi connectivity index (χ1n) is 6.51. The topological polar surface area (TPSA) is 52.5 Å². The fourth-order valence-electron chi connectivity index (χ4n) is 1.96. The van der Waals surface area contributed by atoms with Gasteiger partial charge in [0.15, 0.2) is 0 Å². The van der Waals surface area contributed by atoms with E-state index in [9.17, 15) is 5.11 Å². The van der Waals surface area contributed by atoms with Crippen LogP contribution in [0.2, 0.25) is 0 Å². The summed E-state index contributed by atoms with van der Waals surface area (Å²) in [6.45, 7) is 10.0. The van der Waals surface area contributed by atoms with E-state index in [0.29, 0.717) is 5.75 Å². The van der Waals surface area contributed by atoms with Crippen LogP contribution in [0.3, 0.4) is 0 Å². The third-order valence-corrected chi connectivity index (χ3v) is 3.01. The van der Waals surface area contributed by atoms with Crippen molar-refractivity contribution in [3.63, 3.8) is 0 Å². The number of aromatic hydroxyl groups is 1. The number of aryl methyl sites for hydroxylation is 1. The Labute approximate surface area is 110 Å². The highest BCUT2D eigenvalue weighted by molar-refractivity contribution is 5.46.